The van der Waals surface area contributed by atoms with Gasteiger partial charge in [-0.15, -0.1) is 0 Å². The lowest BCUT2D eigenvalue weighted by Gasteiger charge is -2.34. The van der Waals surface area contributed by atoms with Crippen molar-refractivity contribution in [1.29, 1.82) is 0 Å². The summed E-state index contributed by atoms with van der Waals surface area (Å²) in [5, 5.41) is 7.16. The summed E-state index contributed by atoms with van der Waals surface area (Å²) >= 11 is 5.35. The molecule has 0 aromatic heterocycles. The van der Waals surface area contributed by atoms with Gasteiger partial charge in [0.05, 0.1) is 19.8 Å². The predicted molar refractivity (Wildman–Crippen MR) is 101 cm³/mol. The standard InChI is InChI=1S/C18H29N3O2S/c1-14(2)12-21-8-9-23-17(13-21)11-20-18(24)19-10-15-4-6-16(22-3)7-5-15/h4-7,14,17H,8-13H2,1-3H3,(H2,19,20,24)/t17-/m1/s1. The van der Waals surface area contributed by atoms with Gasteiger partial charge < -0.3 is 20.1 Å². The Labute approximate surface area is 150 Å². The molecule has 1 aromatic carbocycles. The van der Waals surface area contributed by atoms with E-state index in [0.29, 0.717) is 17.6 Å². The summed E-state index contributed by atoms with van der Waals surface area (Å²) in [6.07, 6.45) is 0.193. The van der Waals surface area contributed by atoms with E-state index in [1.54, 1.807) is 7.11 Å². The normalized spacial score (nSPS) is 18.4. The number of hydrogen-bond acceptors (Lipinski definition) is 4. The molecule has 6 heteroatoms. The first-order valence-corrected chi connectivity index (χ1v) is 8.96. The van der Waals surface area contributed by atoms with Crippen molar-refractivity contribution < 1.29 is 9.47 Å². The molecule has 0 saturated carbocycles. The number of rotatable bonds is 7. The Morgan fingerprint density at radius 1 is 1.33 bits per heavy atom. The van der Waals surface area contributed by atoms with E-state index >= 15 is 0 Å². The Hall–Kier alpha value is -1.37. The fourth-order valence-corrected chi connectivity index (χ4v) is 2.94. The lowest BCUT2D eigenvalue weighted by Crippen LogP contribution is -2.49. The summed E-state index contributed by atoms with van der Waals surface area (Å²) in [7, 11) is 1.67. The third kappa shape index (κ3) is 6.63. The molecule has 1 aromatic rings. The summed E-state index contributed by atoms with van der Waals surface area (Å²) in [5.74, 6) is 1.55. The van der Waals surface area contributed by atoms with Crippen molar-refractivity contribution in [2.75, 3.05) is 39.9 Å². The van der Waals surface area contributed by atoms with Gasteiger partial charge >= 0.3 is 0 Å². The van der Waals surface area contributed by atoms with Gasteiger partial charge in [0.1, 0.15) is 5.75 Å². The van der Waals surface area contributed by atoms with Crippen LogP contribution in [0, 0.1) is 5.92 Å². The van der Waals surface area contributed by atoms with Crippen LogP contribution in [0.15, 0.2) is 24.3 Å². The minimum absolute atomic E-state index is 0.193. The first-order chi connectivity index (χ1) is 11.6. The van der Waals surface area contributed by atoms with Crippen molar-refractivity contribution in [1.82, 2.24) is 15.5 Å². The fourth-order valence-electron chi connectivity index (χ4n) is 2.78. The van der Waals surface area contributed by atoms with Crippen molar-refractivity contribution in [3.63, 3.8) is 0 Å². The Kier molecular flexibility index (Phi) is 7.75. The zero-order valence-electron chi connectivity index (χ0n) is 14.9. The van der Waals surface area contributed by atoms with Crippen molar-refractivity contribution in [2.45, 2.75) is 26.5 Å². The average Bonchev–Trinajstić information content (AvgIpc) is 2.58. The van der Waals surface area contributed by atoms with Crippen LogP contribution < -0.4 is 15.4 Å². The molecule has 1 fully saturated rings. The molecule has 0 aliphatic carbocycles. The highest BCUT2D eigenvalue weighted by Crippen LogP contribution is 2.11. The number of nitrogens with one attached hydrogen (secondary N) is 2. The quantitative estimate of drug-likeness (QED) is 0.733. The van der Waals surface area contributed by atoms with E-state index in [2.05, 4.69) is 29.4 Å². The average molecular weight is 352 g/mol. The maximum atomic E-state index is 5.82. The fraction of sp³-hybridized carbons (Fsp3) is 0.611. The minimum Gasteiger partial charge on any atom is -0.497 e. The third-order valence-corrected chi connectivity index (χ3v) is 4.24. The van der Waals surface area contributed by atoms with Crippen LogP contribution in [0.3, 0.4) is 0 Å². The zero-order chi connectivity index (χ0) is 17.4. The summed E-state index contributed by atoms with van der Waals surface area (Å²) in [6.45, 7) is 9.85. The van der Waals surface area contributed by atoms with Crippen LogP contribution in [-0.4, -0.2) is 56.0 Å². The van der Waals surface area contributed by atoms with Crippen molar-refractivity contribution in [3.8, 4) is 5.75 Å². The molecule has 134 valence electrons. The van der Waals surface area contributed by atoms with Gasteiger partial charge in [0, 0.05) is 32.7 Å². The molecule has 0 amide bonds. The van der Waals surface area contributed by atoms with Gasteiger partial charge in [0.2, 0.25) is 0 Å². The van der Waals surface area contributed by atoms with Crippen molar-refractivity contribution >= 4 is 17.3 Å². The predicted octanol–water partition coefficient (Wildman–Crippen LogP) is 2.02. The maximum Gasteiger partial charge on any atom is 0.166 e. The molecule has 0 spiro atoms. The van der Waals surface area contributed by atoms with Crippen molar-refractivity contribution in [2.24, 2.45) is 5.92 Å². The molecule has 2 rings (SSSR count). The molecule has 2 N–H and O–H groups in total. The van der Waals surface area contributed by atoms with E-state index in [1.807, 2.05) is 24.3 Å². The van der Waals surface area contributed by atoms with Gasteiger partial charge in [-0.3, -0.25) is 4.90 Å². The molecular weight excluding hydrogens is 322 g/mol. The van der Waals surface area contributed by atoms with Gasteiger partial charge in [-0.05, 0) is 35.8 Å². The second kappa shape index (κ2) is 9.81. The van der Waals surface area contributed by atoms with Crippen LogP contribution >= 0.6 is 12.2 Å². The molecular formula is C18H29N3O2S. The Morgan fingerprint density at radius 3 is 2.75 bits per heavy atom. The lowest BCUT2D eigenvalue weighted by molar-refractivity contribution is -0.0283. The molecule has 1 aliphatic heterocycles. The first-order valence-electron chi connectivity index (χ1n) is 8.55. The summed E-state index contributed by atoms with van der Waals surface area (Å²) in [6, 6.07) is 7.96. The SMILES string of the molecule is COc1ccc(CNC(=S)NC[C@@H]2CN(CC(C)C)CCO2)cc1. The van der Waals surface area contributed by atoms with E-state index in [9.17, 15) is 0 Å². The lowest BCUT2D eigenvalue weighted by atomic mass is 10.2. The molecule has 1 saturated heterocycles. The van der Waals surface area contributed by atoms with E-state index in [0.717, 1.165) is 44.1 Å². The van der Waals surface area contributed by atoms with E-state index < -0.39 is 0 Å². The van der Waals surface area contributed by atoms with Crippen LogP contribution in [0.2, 0.25) is 0 Å². The molecule has 24 heavy (non-hydrogen) atoms. The first kappa shape index (κ1) is 19.0. The third-order valence-electron chi connectivity index (χ3n) is 3.95. The number of methoxy groups -OCH3 is 1. The van der Waals surface area contributed by atoms with E-state index in [-0.39, 0.29) is 6.10 Å². The van der Waals surface area contributed by atoms with Crippen LogP contribution in [0.25, 0.3) is 0 Å². The molecule has 0 radical (unpaired) electrons. The Balaban J connectivity index is 1.66. The van der Waals surface area contributed by atoms with Crippen LogP contribution in [0.4, 0.5) is 0 Å². The highest BCUT2D eigenvalue weighted by molar-refractivity contribution is 7.80. The zero-order valence-corrected chi connectivity index (χ0v) is 15.7. The van der Waals surface area contributed by atoms with Gasteiger partial charge in [0.25, 0.3) is 0 Å². The molecule has 1 atom stereocenters. The molecule has 0 bridgehead atoms. The highest BCUT2D eigenvalue weighted by atomic mass is 32.1. The van der Waals surface area contributed by atoms with Crippen LogP contribution in [-0.2, 0) is 11.3 Å². The van der Waals surface area contributed by atoms with Gasteiger partial charge in [-0.25, -0.2) is 0 Å². The molecule has 5 nitrogen and oxygen atoms in total. The summed E-state index contributed by atoms with van der Waals surface area (Å²) in [5.41, 5.74) is 1.16. The van der Waals surface area contributed by atoms with Crippen molar-refractivity contribution in [3.05, 3.63) is 29.8 Å². The highest BCUT2D eigenvalue weighted by Gasteiger charge is 2.20. The van der Waals surface area contributed by atoms with E-state index in [1.165, 1.54) is 0 Å². The second-order valence-electron chi connectivity index (χ2n) is 6.56. The summed E-state index contributed by atoms with van der Waals surface area (Å²) < 4.78 is 11.0. The second-order valence-corrected chi connectivity index (χ2v) is 6.97. The van der Waals surface area contributed by atoms with Gasteiger partial charge in [0.15, 0.2) is 5.11 Å². The number of nitrogens with zero attached hydrogens (tertiary/aromatic N) is 1. The molecule has 1 aliphatic rings. The number of ether oxygens (including phenoxy) is 2. The number of morpholine rings is 1. The van der Waals surface area contributed by atoms with Gasteiger partial charge in [-0.2, -0.15) is 0 Å². The van der Waals surface area contributed by atoms with Gasteiger partial charge in [-0.1, -0.05) is 26.0 Å². The molecule has 0 unspecified atom stereocenters. The van der Waals surface area contributed by atoms with E-state index in [4.69, 9.17) is 21.7 Å². The number of thiocarbonyl (C=S) groups is 1. The smallest absolute Gasteiger partial charge is 0.166 e. The Bertz CT molecular complexity index is 507. The topological polar surface area (TPSA) is 45.8 Å². The largest absolute Gasteiger partial charge is 0.497 e. The Morgan fingerprint density at radius 2 is 2.08 bits per heavy atom. The van der Waals surface area contributed by atoms with Crippen LogP contribution in [0.5, 0.6) is 5.75 Å². The number of hydrogen-bond donors (Lipinski definition) is 2. The molecule has 1 heterocycles. The number of benzene rings is 1. The maximum absolute atomic E-state index is 5.82. The van der Waals surface area contributed by atoms with Crippen LogP contribution in [0.1, 0.15) is 19.4 Å². The minimum atomic E-state index is 0.193. The summed E-state index contributed by atoms with van der Waals surface area (Å²) in [4.78, 5) is 2.47. The monoisotopic (exact) mass is 351 g/mol.